The van der Waals surface area contributed by atoms with Crippen LogP contribution >= 0.6 is 0 Å². The molecule has 36 heavy (non-hydrogen) atoms. The quantitative estimate of drug-likeness (QED) is 0.511. The summed E-state index contributed by atoms with van der Waals surface area (Å²) in [5.74, 6) is 0. The predicted molar refractivity (Wildman–Crippen MR) is 145 cm³/mol. The first-order valence-corrected chi connectivity index (χ1v) is 13.6. The number of aromatic nitrogens is 3. The van der Waals surface area contributed by atoms with E-state index in [1.165, 1.54) is 23.2 Å². The fraction of sp³-hybridized carbons (Fsp3) is 0.517. The van der Waals surface area contributed by atoms with Crippen molar-refractivity contribution in [1.82, 2.24) is 29.7 Å². The maximum absolute atomic E-state index is 4.55. The predicted octanol–water partition coefficient (Wildman–Crippen LogP) is 3.39. The van der Waals surface area contributed by atoms with Crippen molar-refractivity contribution in [3.8, 4) is 5.69 Å². The molecule has 7 heteroatoms. The van der Waals surface area contributed by atoms with Gasteiger partial charge in [0.1, 0.15) is 0 Å². The van der Waals surface area contributed by atoms with Crippen molar-refractivity contribution in [3.05, 3.63) is 71.5 Å². The van der Waals surface area contributed by atoms with Gasteiger partial charge in [0.15, 0.2) is 0 Å². The smallest absolute Gasteiger partial charge is 0.0971 e. The van der Waals surface area contributed by atoms with Gasteiger partial charge in [0.05, 0.1) is 23.7 Å². The highest BCUT2D eigenvalue weighted by Gasteiger charge is 2.54. The van der Waals surface area contributed by atoms with Crippen LogP contribution in [0, 0.1) is 0 Å². The summed E-state index contributed by atoms with van der Waals surface area (Å²) in [7, 11) is 4.51. The van der Waals surface area contributed by atoms with Crippen LogP contribution in [0.25, 0.3) is 5.69 Å². The summed E-state index contributed by atoms with van der Waals surface area (Å²) in [6.07, 6.45) is 6.07. The Bertz CT molecular complexity index is 1180. The molecular formula is C29H39N7. The van der Waals surface area contributed by atoms with Gasteiger partial charge in [0.25, 0.3) is 0 Å². The lowest BCUT2D eigenvalue weighted by molar-refractivity contribution is 0.127. The van der Waals surface area contributed by atoms with E-state index >= 15 is 0 Å². The normalized spacial score (nSPS) is 24.9. The van der Waals surface area contributed by atoms with Crippen LogP contribution in [-0.4, -0.2) is 89.2 Å². The van der Waals surface area contributed by atoms with E-state index in [4.69, 9.17) is 0 Å². The molecule has 6 rings (SSSR count). The first kappa shape index (κ1) is 23.6. The number of nitrogens with zero attached hydrogens (tertiary/aromatic N) is 7. The van der Waals surface area contributed by atoms with Crippen molar-refractivity contribution in [3.63, 3.8) is 0 Å². The molecule has 7 nitrogen and oxygen atoms in total. The Kier molecular flexibility index (Phi) is 6.32. The highest BCUT2D eigenvalue weighted by atomic mass is 15.4. The molecule has 4 heterocycles. The minimum absolute atomic E-state index is 0.207. The lowest BCUT2D eigenvalue weighted by Crippen LogP contribution is -2.46. The van der Waals surface area contributed by atoms with Crippen LogP contribution in [0.2, 0.25) is 0 Å². The maximum Gasteiger partial charge on any atom is 0.0971 e. The SMILES string of the molecule is CC[C@@]12CCN(C)[C@@H]1N(C)c1ccc(-n3cc(CN4CCN(CCc5ccccc5)CC4)nn3)cc12. The second kappa shape index (κ2) is 9.61. The number of hydrogen-bond acceptors (Lipinski definition) is 6. The molecule has 190 valence electrons. The second-order valence-corrected chi connectivity index (χ2v) is 10.9. The minimum Gasteiger partial charge on any atom is -0.358 e. The van der Waals surface area contributed by atoms with Crippen molar-refractivity contribution in [1.29, 1.82) is 0 Å². The van der Waals surface area contributed by atoms with E-state index in [1.54, 1.807) is 0 Å². The fourth-order valence-electron chi connectivity index (χ4n) is 6.87. The molecule has 2 fully saturated rings. The van der Waals surface area contributed by atoms with Crippen LogP contribution in [0.3, 0.4) is 0 Å². The summed E-state index contributed by atoms with van der Waals surface area (Å²) in [6.45, 7) is 9.91. The molecule has 0 bridgehead atoms. The minimum atomic E-state index is 0.207. The van der Waals surface area contributed by atoms with Gasteiger partial charge in [-0.1, -0.05) is 42.5 Å². The Hall–Kier alpha value is -2.74. The second-order valence-electron chi connectivity index (χ2n) is 10.9. The Morgan fingerprint density at radius 2 is 1.72 bits per heavy atom. The molecule has 2 aromatic carbocycles. The van der Waals surface area contributed by atoms with E-state index in [1.807, 2.05) is 4.68 Å². The molecule has 0 unspecified atom stereocenters. The monoisotopic (exact) mass is 485 g/mol. The van der Waals surface area contributed by atoms with Crippen molar-refractivity contribution in [2.75, 3.05) is 58.3 Å². The standard InChI is InChI=1S/C29H39N7/c1-4-29-13-15-32(2)28(29)33(3)27-11-10-25(20-26(27)29)36-22-24(30-31-36)21-35-18-16-34(17-19-35)14-12-23-8-6-5-7-9-23/h5-11,20,22,28H,4,12-19,21H2,1-3H3/t28-,29+/m1/s1. The number of benzene rings is 2. The Balaban J connectivity index is 1.09. The largest absolute Gasteiger partial charge is 0.358 e. The average molecular weight is 486 g/mol. The number of hydrogen-bond donors (Lipinski definition) is 0. The van der Waals surface area contributed by atoms with E-state index in [9.17, 15) is 0 Å². The molecule has 0 amide bonds. The molecule has 2 saturated heterocycles. The number of rotatable bonds is 7. The highest BCUT2D eigenvalue weighted by Crippen LogP contribution is 2.53. The van der Waals surface area contributed by atoms with E-state index in [-0.39, 0.29) is 5.41 Å². The van der Waals surface area contributed by atoms with Gasteiger partial charge < -0.3 is 9.80 Å². The highest BCUT2D eigenvalue weighted by molar-refractivity contribution is 5.67. The summed E-state index contributed by atoms with van der Waals surface area (Å²) < 4.78 is 1.97. The number of likely N-dealkylation sites (N-methyl/N-ethyl adjacent to an activating group) is 2. The zero-order valence-electron chi connectivity index (χ0n) is 22.0. The average Bonchev–Trinajstić information content (AvgIpc) is 3.59. The van der Waals surface area contributed by atoms with E-state index in [2.05, 4.69) is 106 Å². The van der Waals surface area contributed by atoms with Gasteiger partial charge in [0, 0.05) is 64.0 Å². The molecule has 3 aliphatic rings. The van der Waals surface area contributed by atoms with Crippen molar-refractivity contribution in [2.24, 2.45) is 0 Å². The molecule has 1 aromatic heterocycles. The van der Waals surface area contributed by atoms with E-state index in [0.717, 1.165) is 70.0 Å². The van der Waals surface area contributed by atoms with E-state index in [0.29, 0.717) is 6.17 Å². The summed E-state index contributed by atoms with van der Waals surface area (Å²) in [6, 6.07) is 17.7. The number of fused-ring (bicyclic) bond motifs is 3. The molecule has 0 spiro atoms. The van der Waals surface area contributed by atoms with Crippen LogP contribution in [0.5, 0.6) is 0 Å². The molecule has 3 aromatic rings. The van der Waals surface area contributed by atoms with Gasteiger partial charge in [-0.05, 0) is 55.6 Å². The third kappa shape index (κ3) is 4.13. The Morgan fingerprint density at radius 1 is 0.944 bits per heavy atom. The summed E-state index contributed by atoms with van der Waals surface area (Å²) in [5, 5.41) is 9.07. The van der Waals surface area contributed by atoms with Crippen molar-refractivity contribution >= 4 is 5.69 Å². The Labute approximate surface area is 215 Å². The topological polar surface area (TPSA) is 43.7 Å². The van der Waals surface area contributed by atoms with E-state index < -0.39 is 0 Å². The van der Waals surface area contributed by atoms with Gasteiger partial charge in [0.2, 0.25) is 0 Å². The van der Waals surface area contributed by atoms with Gasteiger partial charge in [-0.15, -0.1) is 5.10 Å². The first-order valence-electron chi connectivity index (χ1n) is 13.6. The van der Waals surface area contributed by atoms with Crippen LogP contribution in [-0.2, 0) is 18.4 Å². The number of piperazine rings is 1. The third-order valence-corrected chi connectivity index (χ3v) is 8.93. The molecule has 0 radical (unpaired) electrons. The molecule has 0 N–H and O–H groups in total. The summed E-state index contributed by atoms with van der Waals surface area (Å²) in [5.41, 5.74) is 6.64. The van der Waals surface area contributed by atoms with Crippen LogP contribution in [0.4, 0.5) is 5.69 Å². The number of anilines is 1. The molecule has 3 aliphatic heterocycles. The van der Waals surface area contributed by atoms with Crippen LogP contribution in [0.15, 0.2) is 54.7 Å². The molecule has 2 atom stereocenters. The third-order valence-electron chi connectivity index (χ3n) is 8.93. The zero-order chi connectivity index (χ0) is 24.7. The fourth-order valence-corrected chi connectivity index (χ4v) is 6.87. The van der Waals surface area contributed by atoms with Crippen LogP contribution < -0.4 is 4.90 Å². The molecule has 0 saturated carbocycles. The number of likely N-dealkylation sites (tertiary alicyclic amines) is 1. The van der Waals surface area contributed by atoms with Gasteiger partial charge >= 0.3 is 0 Å². The van der Waals surface area contributed by atoms with Gasteiger partial charge in [-0.3, -0.25) is 9.80 Å². The lowest BCUT2D eigenvalue weighted by atomic mass is 9.77. The van der Waals surface area contributed by atoms with Gasteiger partial charge in [-0.2, -0.15) is 0 Å². The van der Waals surface area contributed by atoms with Crippen molar-refractivity contribution < 1.29 is 0 Å². The maximum atomic E-state index is 4.55. The van der Waals surface area contributed by atoms with Crippen molar-refractivity contribution in [2.45, 2.75) is 44.3 Å². The zero-order valence-corrected chi connectivity index (χ0v) is 22.0. The Morgan fingerprint density at radius 3 is 2.50 bits per heavy atom. The van der Waals surface area contributed by atoms with Crippen LogP contribution in [0.1, 0.15) is 36.6 Å². The molecular weight excluding hydrogens is 446 g/mol. The van der Waals surface area contributed by atoms with Gasteiger partial charge in [-0.25, -0.2) is 4.68 Å². The summed E-state index contributed by atoms with van der Waals surface area (Å²) in [4.78, 5) is 10.1. The molecule has 0 aliphatic carbocycles. The lowest BCUT2D eigenvalue weighted by Gasteiger charge is -2.34. The first-order chi connectivity index (χ1) is 17.6. The summed E-state index contributed by atoms with van der Waals surface area (Å²) >= 11 is 0.